The Balaban J connectivity index is 1.82. The average molecular weight is 375 g/mol. The number of carbonyl (C=O) groups is 1. The lowest BCUT2D eigenvalue weighted by Crippen LogP contribution is -2.51. The maximum absolute atomic E-state index is 12.6. The first-order valence-corrected chi connectivity index (χ1v) is 10.2. The number of thiophene rings is 1. The largest absolute Gasteiger partial charge is 0.337 e. The van der Waals surface area contributed by atoms with Gasteiger partial charge < -0.3 is 5.32 Å². The molecule has 0 spiro atoms. The number of aromatic nitrogens is 2. The van der Waals surface area contributed by atoms with Crippen molar-refractivity contribution in [2.45, 2.75) is 62.8 Å². The Morgan fingerprint density at radius 3 is 2.84 bits per heavy atom. The maximum atomic E-state index is 12.6. The SMILES string of the molecule is CC(Sc1ncnc2sc3c(c12)CCC3)C(=O)NC(C)(C#N)C(C)C. The molecule has 2 unspecified atom stereocenters. The normalized spacial score (nSPS) is 17.1. The number of carbonyl (C=O) groups excluding carboxylic acids is 1. The number of rotatable bonds is 5. The number of fused-ring (bicyclic) bond motifs is 3. The highest BCUT2D eigenvalue weighted by Gasteiger charge is 2.32. The zero-order valence-electron chi connectivity index (χ0n) is 14.9. The Labute approximate surface area is 156 Å². The van der Waals surface area contributed by atoms with E-state index in [4.69, 9.17) is 0 Å². The van der Waals surface area contributed by atoms with Crippen molar-refractivity contribution in [3.63, 3.8) is 0 Å². The number of aryl methyl sites for hydroxylation is 2. The van der Waals surface area contributed by atoms with E-state index in [-0.39, 0.29) is 17.1 Å². The molecule has 0 aromatic carbocycles. The minimum atomic E-state index is -0.865. The number of nitrogens with zero attached hydrogens (tertiary/aromatic N) is 3. The van der Waals surface area contributed by atoms with Crippen LogP contribution in [0.25, 0.3) is 10.2 Å². The van der Waals surface area contributed by atoms with E-state index in [1.807, 2.05) is 20.8 Å². The van der Waals surface area contributed by atoms with E-state index in [0.29, 0.717) is 0 Å². The van der Waals surface area contributed by atoms with E-state index in [1.54, 1.807) is 24.6 Å². The molecule has 1 N–H and O–H groups in total. The molecule has 2 aromatic rings. The molecule has 132 valence electrons. The van der Waals surface area contributed by atoms with E-state index >= 15 is 0 Å². The molecule has 1 amide bonds. The Hall–Kier alpha value is -1.65. The van der Waals surface area contributed by atoms with Gasteiger partial charge in [0, 0.05) is 10.3 Å². The highest BCUT2D eigenvalue weighted by Crippen LogP contribution is 2.40. The molecule has 0 fully saturated rings. The van der Waals surface area contributed by atoms with Gasteiger partial charge in [-0.3, -0.25) is 4.79 Å². The lowest BCUT2D eigenvalue weighted by Gasteiger charge is -2.28. The van der Waals surface area contributed by atoms with Crippen LogP contribution in [-0.2, 0) is 17.6 Å². The molecule has 1 aliphatic rings. The Bertz CT molecular complexity index is 855. The third kappa shape index (κ3) is 3.38. The number of amides is 1. The summed E-state index contributed by atoms with van der Waals surface area (Å²) in [6, 6.07) is 2.22. The molecule has 1 aliphatic carbocycles. The Kier molecular flexibility index (Phi) is 5.03. The summed E-state index contributed by atoms with van der Waals surface area (Å²) in [5.41, 5.74) is 0.496. The van der Waals surface area contributed by atoms with Gasteiger partial charge in [-0.15, -0.1) is 11.3 Å². The van der Waals surface area contributed by atoms with Gasteiger partial charge in [0.1, 0.15) is 21.7 Å². The van der Waals surface area contributed by atoms with Crippen molar-refractivity contribution in [3.8, 4) is 6.07 Å². The Morgan fingerprint density at radius 2 is 2.16 bits per heavy atom. The van der Waals surface area contributed by atoms with Crippen molar-refractivity contribution in [1.29, 1.82) is 5.26 Å². The lowest BCUT2D eigenvalue weighted by atomic mass is 9.90. The highest BCUT2D eigenvalue weighted by atomic mass is 32.2. The molecule has 2 heterocycles. The standard InChI is InChI=1S/C18H22N4OS2/c1-10(2)18(4,8-19)22-15(23)11(3)24-16-14-12-6-5-7-13(12)25-17(14)21-9-20-16/h9-11H,5-7H2,1-4H3,(H,22,23). The van der Waals surface area contributed by atoms with E-state index in [1.165, 1.54) is 28.6 Å². The molecule has 0 aliphatic heterocycles. The van der Waals surface area contributed by atoms with E-state index in [2.05, 4.69) is 21.4 Å². The maximum Gasteiger partial charge on any atom is 0.234 e. The van der Waals surface area contributed by atoms with Crippen LogP contribution in [0.3, 0.4) is 0 Å². The zero-order chi connectivity index (χ0) is 18.2. The summed E-state index contributed by atoms with van der Waals surface area (Å²) in [6.45, 7) is 7.49. The summed E-state index contributed by atoms with van der Waals surface area (Å²) in [5, 5.41) is 14.0. The van der Waals surface area contributed by atoms with E-state index in [0.717, 1.165) is 28.1 Å². The quantitative estimate of drug-likeness (QED) is 0.637. The van der Waals surface area contributed by atoms with Crippen LogP contribution in [0.2, 0.25) is 0 Å². The smallest absolute Gasteiger partial charge is 0.234 e. The van der Waals surface area contributed by atoms with Crippen LogP contribution < -0.4 is 5.32 Å². The van der Waals surface area contributed by atoms with Gasteiger partial charge >= 0.3 is 0 Å². The second-order valence-electron chi connectivity index (χ2n) is 6.93. The number of nitrogens with one attached hydrogen (secondary N) is 1. The van der Waals surface area contributed by atoms with Crippen molar-refractivity contribution in [3.05, 3.63) is 16.8 Å². The van der Waals surface area contributed by atoms with Gasteiger partial charge in [-0.05, 0) is 44.6 Å². The molecule has 25 heavy (non-hydrogen) atoms. The van der Waals surface area contributed by atoms with Crippen molar-refractivity contribution in [2.24, 2.45) is 5.92 Å². The summed E-state index contributed by atoms with van der Waals surface area (Å²) in [7, 11) is 0. The monoisotopic (exact) mass is 374 g/mol. The molecule has 0 saturated carbocycles. The van der Waals surface area contributed by atoms with Gasteiger partial charge in [-0.2, -0.15) is 5.26 Å². The molecular formula is C18H22N4OS2. The summed E-state index contributed by atoms with van der Waals surface area (Å²) >= 11 is 3.19. The third-order valence-corrected chi connectivity index (χ3v) is 7.19. The molecule has 7 heteroatoms. The summed E-state index contributed by atoms with van der Waals surface area (Å²) in [5.74, 6) is -0.106. The second-order valence-corrected chi connectivity index (χ2v) is 9.35. The van der Waals surface area contributed by atoms with Gasteiger partial charge in [0.05, 0.1) is 11.3 Å². The minimum absolute atomic E-state index is 0.0320. The molecule has 5 nitrogen and oxygen atoms in total. The minimum Gasteiger partial charge on any atom is -0.337 e. The fourth-order valence-electron chi connectivity index (χ4n) is 2.87. The van der Waals surface area contributed by atoms with Crippen LogP contribution in [-0.4, -0.2) is 26.7 Å². The number of nitriles is 1. The lowest BCUT2D eigenvalue weighted by molar-refractivity contribution is -0.121. The van der Waals surface area contributed by atoms with Gasteiger partial charge in [0.2, 0.25) is 5.91 Å². The second kappa shape index (κ2) is 6.93. The first-order valence-electron chi connectivity index (χ1n) is 8.51. The summed E-state index contributed by atoms with van der Waals surface area (Å²) in [6.07, 6.45) is 4.94. The number of hydrogen-bond donors (Lipinski definition) is 1. The molecule has 2 atom stereocenters. The molecule has 3 rings (SSSR count). The third-order valence-electron chi connectivity index (χ3n) is 4.89. The number of hydrogen-bond acceptors (Lipinski definition) is 6. The highest BCUT2D eigenvalue weighted by molar-refractivity contribution is 8.00. The fourth-order valence-corrected chi connectivity index (χ4v) is 5.11. The summed E-state index contributed by atoms with van der Waals surface area (Å²) in [4.78, 5) is 23.9. The van der Waals surface area contributed by atoms with Crippen molar-refractivity contribution in [2.75, 3.05) is 0 Å². The molecule has 0 bridgehead atoms. The van der Waals surface area contributed by atoms with Crippen molar-refractivity contribution in [1.82, 2.24) is 15.3 Å². The first kappa shape index (κ1) is 18.2. The topological polar surface area (TPSA) is 78.7 Å². The van der Waals surface area contributed by atoms with Gasteiger partial charge in [-0.25, -0.2) is 9.97 Å². The Morgan fingerprint density at radius 1 is 1.40 bits per heavy atom. The van der Waals surface area contributed by atoms with Crippen LogP contribution in [0, 0.1) is 17.2 Å². The average Bonchev–Trinajstić information content (AvgIpc) is 3.15. The van der Waals surface area contributed by atoms with Crippen molar-refractivity contribution < 1.29 is 4.79 Å². The first-order chi connectivity index (χ1) is 11.9. The zero-order valence-corrected chi connectivity index (χ0v) is 16.6. The molecule has 0 radical (unpaired) electrons. The van der Waals surface area contributed by atoms with Crippen molar-refractivity contribution >= 4 is 39.2 Å². The van der Waals surface area contributed by atoms with E-state index < -0.39 is 5.54 Å². The van der Waals surface area contributed by atoms with E-state index in [9.17, 15) is 10.1 Å². The molecule has 2 aromatic heterocycles. The van der Waals surface area contributed by atoms with Gasteiger partial charge in [0.25, 0.3) is 0 Å². The van der Waals surface area contributed by atoms with Crippen LogP contribution >= 0.6 is 23.1 Å². The van der Waals surface area contributed by atoms with Crippen LogP contribution in [0.1, 0.15) is 44.6 Å². The number of thioether (sulfide) groups is 1. The predicted octanol–water partition coefficient (Wildman–Crippen LogP) is 3.72. The van der Waals surface area contributed by atoms with Crippen LogP contribution in [0.5, 0.6) is 0 Å². The van der Waals surface area contributed by atoms with Crippen LogP contribution in [0.15, 0.2) is 11.4 Å². The molecular weight excluding hydrogens is 352 g/mol. The van der Waals surface area contributed by atoms with Gasteiger partial charge in [-0.1, -0.05) is 25.6 Å². The predicted molar refractivity (Wildman–Crippen MR) is 102 cm³/mol. The van der Waals surface area contributed by atoms with Crippen LogP contribution in [0.4, 0.5) is 0 Å². The van der Waals surface area contributed by atoms with Gasteiger partial charge in [0.15, 0.2) is 0 Å². The summed E-state index contributed by atoms with van der Waals surface area (Å²) < 4.78 is 0. The fraction of sp³-hybridized carbons (Fsp3) is 0.556. The molecule has 0 saturated heterocycles.